The van der Waals surface area contributed by atoms with Crippen molar-refractivity contribution in [2.45, 2.75) is 146 Å². The molecule has 0 aromatic rings. The molecule has 1 aliphatic heterocycles. The number of hydrogen-bond donors (Lipinski definition) is 14. The summed E-state index contributed by atoms with van der Waals surface area (Å²) in [6.45, 7) is 4.50. The van der Waals surface area contributed by atoms with Crippen LogP contribution in [-0.2, 0) is 62.3 Å². The third-order valence-corrected chi connectivity index (χ3v) is 10.1. The van der Waals surface area contributed by atoms with Gasteiger partial charge in [0.15, 0.2) is 0 Å². The largest absolute Gasteiger partial charge is 0.481 e. The topological polar surface area (TPSA) is 454 Å². The van der Waals surface area contributed by atoms with E-state index in [4.69, 9.17) is 21.7 Å². The lowest BCUT2D eigenvalue weighted by Gasteiger charge is -2.30. The van der Waals surface area contributed by atoms with Gasteiger partial charge in [-0.1, -0.05) is 0 Å². The highest BCUT2D eigenvalue weighted by molar-refractivity contribution is 5.98. The molecule has 1 fully saturated rings. The van der Waals surface area contributed by atoms with Gasteiger partial charge in [-0.05, 0) is 79.2 Å². The summed E-state index contributed by atoms with van der Waals surface area (Å²) < 4.78 is 0. The number of unbranched alkanes of at least 4 members (excludes halogenated alkanes) is 1. The van der Waals surface area contributed by atoms with Crippen molar-refractivity contribution >= 4 is 77.0 Å². The second kappa shape index (κ2) is 28.8. The molecule has 376 valence electrons. The fraction of sp³-hybridized carbons (Fsp3) is 0.667. The number of amides is 9. The van der Waals surface area contributed by atoms with Gasteiger partial charge < -0.3 is 79.3 Å². The zero-order valence-corrected chi connectivity index (χ0v) is 37.6. The maximum atomic E-state index is 13.9. The van der Waals surface area contributed by atoms with E-state index >= 15 is 0 Å². The average Bonchev–Trinajstić information content (AvgIpc) is 3.74. The number of likely N-dealkylation sites (tertiary alicyclic amines) is 1. The Hall–Kier alpha value is -6.97. The molecule has 0 aromatic heterocycles. The zero-order valence-electron chi connectivity index (χ0n) is 37.6. The van der Waals surface area contributed by atoms with E-state index in [0.29, 0.717) is 19.3 Å². The molecule has 0 unspecified atom stereocenters. The van der Waals surface area contributed by atoms with Gasteiger partial charge >= 0.3 is 23.9 Å². The first kappa shape index (κ1) is 58.0. The molecule has 0 spiro atoms. The van der Waals surface area contributed by atoms with Crippen LogP contribution in [0.25, 0.3) is 0 Å². The summed E-state index contributed by atoms with van der Waals surface area (Å²) in [6.07, 6.45) is -1.61. The minimum atomic E-state index is -1.59. The highest BCUT2D eigenvalue weighted by atomic mass is 16.4. The molecular formula is C39H63N11O17. The molecule has 0 aromatic carbocycles. The number of hydrogen-bond acceptors (Lipinski definition) is 15. The molecular weight excluding hydrogens is 894 g/mol. The quantitative estimate of drug-likeness (QED) is 0.0298. The van der Waals surface area contributed by atoms with E-state index in [1.807, 2.05) is 0 Å². The summed E-state index contributed by atoms with van der Waals surface area (Å²) in [4.78, 5) is 163. The Kier molecular flexibility index (Phi) is 25.0. The minimum Gasteiger partial charge on any atom is -0.481 e. The van der Waals surface area contributed by atoms with Gasteiger partial charge in [0.25, 0.3) is 0 Å². The van der Waals surface area contributed by atoms with Crippen LogP contribution in [0, 0.1) is 0 Å². The first-order valence-electron chi connectivity index (χ1n) is 21.3. The van der Waals surface area contributed by atoms with Crippen LogP contribution >= 0.6 is 0 Å². The first-order valence-corrected chi connectivity index (χ1v) is 21.3. The lowest BCUT2D eigenvalue weighted by atomic mass is 10.1. The van der Waals surface area contributed by atoms with E-state index in [-0.39, 0.29) is 25.9 Å². The van der Waals surface area contributed by atoms with Crippen LogP contribution in [0.4, 0.5) is 0 Å². The number of carboxylic acids is 4. The molecule has 28 heteroatoms. The van der Waals surface area contributed by atoms with Crippen molar-refractivity contribution in [1.82, 2.24) is 47.4 Å². The van der Waals surface area contributed by atoms with Crippen molar-refractivity contribution in [3.63, 3.8) is 0 Å². The zero-order chi connectivity index (χ0) is 51.1. The van der Waals surface area contributed by atoms with Crippen molar-refractivity contribution in [1.29, 1.82) is 0 Å². The van der Waals surface area contributed by atoms with Gasteiger partial charge in [-0.2, -0.15) is 0 Å². The number of rotatable bonds is 30. The Labute approximate surface area is 384 Å². The van der Waals surface area contributed by atoms with E-state index < -0.39 is 170 Å². The average molecular weight is 958 g/mol. The Bertz CT molecular complexity index is 1850. The summed E-state index contributed by atoms with van der Waals surface area (Å²) >= 11 is 0. The third-order valence-electron chi connectivity index (χ3n) is 10.1. The van der Waals surface area contributed by atoms with Crippen molar-refractivity contribution in [3.8, 4) is 0 Å². The van der Waals surface area contributed by atoms with Crippen molar-refractivity contribution < 1.29 is 82.8 Å². The molecule has 0 radical (unpaired) electrons. The number of nitrogens with zero attached hydrogens (tertiary/aromatic N) is 1. The molecule has 1 saturated heterocycles. The predicted octanol–water partition coefficient (Wildman–Crippen LogP) is -5.69. The van der Waals surface area contributed by atoms with Crippen LogP contribution in [0.2, 0.25) is 0 Å². The number of carbonyl (C=O) groups is 13. The highest BCUT2D eigenvalue weighted by Crippen LogP contribution is 2.20. The van der Waals surface area contributed by atoms with E-state index in [1.54, 1.807) is 0 Å². The van der Waals surface area contributed by atoms with E-state index in [9.17, 15) is 72.5 Å². The molecule has 1 aliphatic rings. The van der Waals surface area contributed by atoms with Crippen LogP contribution in [-0.4, -0.2) is 176 Å². The molecule has 0 bridgehead atoms. The maximum absolute atomic E-state index is 13.9. The summed E-state index contributed by atoms with van der Waals surface area (Å²) in [7, 11) is 0. The van der Waals surface area contributed by atoms with Crippen LogP contribution in [0.5, 0.6) is 0 Å². The van der Waals surface area contributed by atoms with E-state index in [1.165, 1.54) is 32.6 Å². The summed E-state index contributed by atoms with van der Waals surface area (Å²) in [5, 5.41) is 55.0. The fourth-order valence-corrected chi connectivity index (χ4v) is 6.30. The summed E-state index contributed by atoms with van der Waals surface area (Å²) in [5.41, 5.74) is 11.1. The van der Waals surface area contributed by atoms with Gasteiger partial charge in [-0.25, -0.2) is 4.79 Å². The molecule has 9 atom stereocenters. The Morgan fingerprint density at radius 3 is 1.60 bits per heavy atom. The van der Waals surface area contributed by atoms with Crippen molar-refractivity contribution in [2.24, 2.45) is 11.5 Å². The normalized spacial score (nSPS) is 16.7. The molecule has 28 nitrogen and oxygen atoms in total. The van der Waals surface area contributed by atoms with Gasteiger partial charge in [0, 0.05) is 19.4 Å². The van der Waals surface area contributed by atoms with Crippen LogP contribution in [0.1, 0.15) is 91.9 Å². The molecule has 9 amide bonds. The minimum absolute atomic E-state index is 0.0383. The molecule has 1 heterocycles. The molecule has 0 aliphatic carbocycles. The summed E-state index contributed by atoms with van der Waals surface area (Å²) in [5.74, 6) is -13.7. The lowest BCUT2D eigenvalue weighted by Crippen LogP contribution is -2.59. The number of nitrogens with one attached hydrogen (secondary N) is 8. The Morgan fingerprint density at radius 1 is 0.567 bits per heavy atom. The maximum Gasteiger partial charge on any atom is 0.326 e. The SMILES string of the molecule is C[C@H](N)C(=O)N[C@@H](CC(=O)O)C(=O)NCC(=O)N[C@@H](C)C(=O)N[C@@H](CCC(=O)O)C(=O)N[C@@H](C)C(=O)N[C@@H](CCCCN)C(=O)N1CCC[C@H]1C(=O)N[C@@H](C)C(=O)N[C@@H](CCC(=O)O)C(=O)O. The molecule has 0 saturated carbocycles. The van der Waals surface area contributed by atoms with Crippen molar-refractivity contribution in [3.05, 3.63) is 0 Å². The lowest BCUT2D eigenvalue weighted by molar-refractivity contribution is -0.144. The Morgan fingerprint density at radius 2 is 1.07 bits per heavy atom. The second-order valence-corrected chi connectivity index (χ2v) is 15.8. The van der Waals surface area contributed by atoms with Crippen LogP contribution < -0.4 is 54.0 Å². The van der Waals surface area contributed by atoms with E-state index in [2.05, 4.69) is 42.5 Å². The second-order valence-electron chi connectivity index (χ2n) is 15.8. The fourth-order valence-electron chi connectivity index (χ4n) is 6.30. The number of nitrogens with two attached hydrogens (primary N) is 2. The van der Waals surface area contributed by atoms with Crippen LogP contribution in [0.3, 0.4) is 0 Å². The summed E-state index contributed by atoms with van der Waals surface area (Å²) in [6, 6.07) is -12.3. The smallest absolute Gasteiger partial charge is 0.326 e. The third kappa shape index (κ3) is 21.3. The van der Waals surface area contributed by atoms with Gasteiger partial charge in [-0.15, -0.1) is 0 Å². The standard InChI is InChI=1S/C39H63N11O17/c1-18(41)31(58)49-25(16-30(56)57)35(62)42-17-27(51)43-19(2)32(59)46-22(10-12-28(52)53)36(63)44-20(3)33(60)47-23(8-5-6-14-40)38(65)50-15-7-9-26(50)37(64)45-21(4)34(61)48-24(39(66)67)11-13-29(54)55/h18-26H,5-17,40-41H2,1-4H3,(H,42,62)(H,43,51)(H,44,63)(H,45,64)(H,46,59)(H,47,60)(H,48,61)(H,49,58)(H,52,53)(H,54,55)(H,56,57)(H,66,67)/t18-,19-,20-,21-,22-,23-,24-,25-,26-/m0/s1. The van der Waals surface area contributed by atoms with Crippen molar-refractivity contribution in [2.75, 3.05) is 19.6 Å². The number of aliphatic carboxylic acids is 4. The van der Waals surface area contributed by atoms with Gasteiger partial charge in [0.1, 0.15) is 48.3 Å². The molecule has 67 heavy (non-hydrogen) atoms. The van der Waals surface area contributed by atoms with E-state index in [0.717, 1.165) is 0 Å². The number of carboxylic acid groups (broad SMARTS) is 4. The Balaban J connectivity index is 3.03. The first-order chi connectivity index (χ1) is 31.3. The van der Waals surface area contributed by atoms with Gasteiger partial charge in [-0.3, -0.25) is 57.5 Å². The predicted molar refractivity (Wildman–Crippen MR) is 228 cm³/mol. The molecule has 16 N–H and O–H groups in total. The van der Waals surface area contributed by atoms with Gasteiger partial charge in [0.05, 0.1) is 19.0 Å². The monoisotopic (exact) mass is 957 g/mol. The highest BCUT2D eigenvalue weighted by Gasteiger charge is 2.39. The molecule has 1 rings (SSSR count). The van der Waals surface area contributed by atoms with Gasteiger partial charge in [0.2, 0.25) is 53.2 Å². The van der Waals surface area contributed by atoms with Crippen LogP contribution in [0.15, 0.2) is 0 Å². The number of carbonyl (C=O) groups excluding carboxylic acids is 9.